The first-order valence-corrected chi connectivity index (χ1v) is 13.1. The molecule has 0 spiro atoms. The van der Waals surface area contributed by atoms with Gasteiger partial charge in [0.25, 0.3) is 0 Å². The zero-order chi connectivity index (χ0) is 27.6. The van der Waals surface area contributed by atoms with Crippen LogP contribution >= 0.6 is 0 Å². The monoisotopic (exact) mass is 546 g/mol. The Hall–Kier alpha value is -4.35. The smallest absolute Gasteiger partial charge is 0.434 e. The summed E-state index contributed by atoms with van der Waals surface area (Å²) in [5, 5.41) is 4.70. The van der Waals surface area contributed by atoms with Crippen molar-refractivity contribution in [3.63, 3.8) is 0 Å². The molecule has 2 aliphatic carbocycles. The van der Waals surface area contributed by atoms with Crippen molar-refractivity contribution in [1.29, 1.82) is 0 Å². The van der Waals surface area contributed by atoms with Gasteiger partial charge in [0, 0.05) is 37.2 Å². The lowest BCUT2D eigenvalue weighted by Crippen LogP contribution is -2.05. The maximum absolute atomic E-state index is 13.4. The van der Waals surface area contributed by atoms with Crippen LogP contribution in [0, 0.1) is 0 Å². The number of nitrogens with zero attached hydrogens (tertiary/aromatic N) is 8. The Kier molecular flexibility index (Phi) is 5.62. The Balaban J connectivity index is 1.22. The first kappa shape index (κ1) is 24.7. The van der Waals surface area contributed by atoms with Gasteiger partial charge in [0.15, 0.2) is 11.5 Å². The second kappa shape index (κ2) is 9.10. The number of rotatable bonds is 7. The summed E-state index contributed by atoms with van der Waals surface area (Å²) in [6.45, 7) is 0. The Bertz CT molecular complexity index is 1730. The SMILES string of the molecule is COc1ncnc(C2CC2)c1-c1ncc2c(n1)c(Cc1ccc(-c3nc(C(F)(F)F)cn3C3CC3)cc1)nn2C. The van der Waals surface area contributed by atoms with E-state index in [-0.39, 0.29) is 6.04 Å². The van der Waals surface area contributed by atoms with Gasteiger partial charge in [-0.2, -0.15) is 18.3 Å². The molecule has 2 saturated carbocycles. The fraction of sp³-hybridized carbons (Fsp3) is 0.357. The van der Waals surface area contributed by atoms with E-state index in [0.717, 1.165) is 54.3 Å². The molecule has 204 valence electrons. The molecular weight excluding hydrogens is 521 g/mol. The first-order valence-electron chi connectivity index (χ1n) is 13.1. The number of halogens is 3. The third-order valence-electron chi connectivity index (χ3n) is 7.43. The van der Waals surface area contributed by atoms with Gasteiger partial charge in [0.05, 0.1) is 24.7 Å². The highest BCUT2D eigenvalue weighted by molar-refractivity contribution is 5.80. The average Bonchev–Trinajstić information content (AvgIpc) is 3.89. The van der Waals surface area contributed by atoms with Crippen molar-refractivity contribution in [3.05, 3.63) is 65.6 Å². The van der Waals surface area contributed by atoms with E-state index in [2.05, 4.69) is 19.9 Å². The lowest BCUT2D eigenvalue weighted by molar-refractivity contribution is -0.140. The Morgan fingerprint density at radius 2 is 1.77 bits per heavy atom. The molecule has 0 atom stereocenters. The zero-order valence-electron chi connectivity index (χ0n) is 21.9. The van der Waals surface area contributed by atoms with E-state index in [1.807, 2.05) is 31.3 Å². The fourth-order valence-corrected chi connectivity index (χ4v) is 5.10. The van der Waals surface area contributed by atoms with E-state index in [1.165, 1.54) is 6.33 Å². The van der Waals surface area contributed by atoms with E-state index in [0.29, 0.717) is 46.5 Å². The van der Waals surface area contributed by atoms with Crippen LogP contribution in [-0.2, 0) is 19.6 Å². The lowest BCUT2D eigenvalue weighted by Gasteiger charge is -2.10. The number of hydrogen-bond donors (Lipinski definition) is 0. The van der Waals surface area contributed by atoms with Crippen molar-refractivity contribution < 1.29 is 17.9 Å². The molecule has 2 fully saturated rings. The Morgan fingerprint density at radius 3 is 2.45 bits per heavy atom. The first-order chi connectivity index (χ1) is 19.3. The Morgan fingerprint density at radius 1 is 1.00 bits per heavy atom. The Labute approximate surface area is 227 Å². The number of methoxy groups -OCH3 is 1. The summed E-state index contributed by atoms with van der Waals surface area (Å²) in [4.78, 5) is 22.2. The topological polar surface area (TPSA) is 96.4 Å². The van der Waals surface area contributed by atoms with E-state index >= 15 is 0 Å². The number of alkyl halides is 3. The molecular formula is C28H25F3N8O. The summed E-state index contributed by atoms with van der Waals surface area (Å²) in [5.41, 5.74) is 4.59. The normalized spacial score (nSPS) is 15.6. The number of fused-ring (bicyclic) bond motifs is 1. The fourth-order valence-electron chi connectivity index (χ4n) is 5.10. The highest BCUT2D eigenvalue weighted by Gasteiger charge is 2.37. The van der Waals surface area contributed by atoms with Crippen molar-refractivity contribution >= 4 is 11.0 Å². The average molecular weight is 547 g/mol. The predicted molar refractivity (Wildman–Crippen MR) is 140 cm³/mol. The van der Waals surface area contributed by atoms with E-state index < -0.39 is 11.9 Å². The van der Waals surface area contributed by atoms with Crippen LogP contribution in [0.1, 0.15) is 60.3 Å². The van der Waals surface area contributed by atoms with Crippen molar-refractivity contribution in [3.8, 4) is 28.7 Å². The van der Waals surface area contributed by atoms with Gasteiger partial charge in [-0.05, 0) is 31.2 Å². The predicted octanol–water partition coefficient (Wildman–Crippen LogP) is 5.51. The van der Waals surface area contributed by atoms with Crippen LogP contribution in [0.5, 0.6) is 5.88 Å². The third-order valence-corrected chi connectivity index (χ3v) is 7.43. The van der Waals surface area contributed by atoms with Crippen LogP contribution in [0.3, 0.4) is 0 Å². The molecule has 0 bridgehead atoms. The number of ether oxygens (including phenoxy) is 1. The number of benzene rings is 1. The number of imidazole rings is 1. The summed E-state index contributed by atoms with van der Waals surface area (Å²) in [6, 6.07) is 7.50. The maximum Gasteiger partial charge on any atom is 0.434 e. The highest BCUT2D eigenvalue weighted by atomic mass is 19.4. The third kappa shape index (κ3) is 4.37. The molecule has 0 saturated heterocycles. The lowest BCUT2D eigenvalue weighted by atomic mass is 10.1. The van der Waals surface area contributed by atoms with Gasteiger partial charge in [-0.3, -0.25) is 4.68 Å². The highest BCUT2D eigenvalue weighted by Crippen LogP contribution is 2.45. The van der Waals surface area contributed by atoms with Gasteiger partial charge in [-0.15, -0.1) is 0 Å². The molecule has 2 aliphatic rings. The molecule has 40 heavy (non-hydrogen) atoms. The minimum absolute atomic E-state index is 0.0705. The second-order valence-electron chi connectivity index (χ2n) is 10.4. The van der Waals surface area contributed by atoms with Crippen LogP contribution in [0.2, 0.25) is 0 Å². The van der Waals surface area contributed by atoms with Crippen molar-refractivity contribution in [1.82, 2.24) is 39.3 Å². The van der Waals surface area contributed by atoms with Crippen LogP contribution in [0.25, 0.3) is 33.8 Å². The number of aryl methyl sites for hydroxylation is 1. The van der Waals surface area contributed by atoms with E-state index in [4.69, 9.17) is 14.8 Å². The van der Waals surface area contributed by atoms with Crippen LogP contribution in [0.15, 0.2) is 43.0 Å². The van der Waals surface area contributed by atoms with Gasteiger partial charge in [0.2, 0.25) is 5.88 Å². The number of hydrogen-bond acceptors (Lipinski definition) is 7. The largest absolute Gasteiger partial charge is 0.480 e. The maximum atomic E-state index is 13.4. The molecule has 9 nitrogen and oxygen atoms in total. The van der Waals surface area contributed by atoms with Crippen molar-refractivity contribution in [2.24, 2.45) is 7.05 Å². The summed E-state index contributed by atoms with van der Waals surface area (Å²) >= 11 is 0. The van der Waals surface area contributed by atoms with Crippen molar-refractivity contribution in [2.75, 3.05) is 7.11 Å². The summed E-state index contributed by atoms with van der Waals surface area (Å²) < 4.78 is 49.0. The van der Waals surface area contributed by atoms with Crippen LogP contribution in [-0.4, -0.2) is 46.4 Å². The van der Waals surface area contributed by atoms with Gasteiger partial charge in [-0.1, -0.05) is 24.3 Å². The molecule has 7 rings (SSSR count). The van der Waals surface area contributed by atoms with Gasteiger partial charge >= 0.3 is 6.18 Å². The van der Waals surface area contributed by atoms with Crippen molar-refractivity contribution in [2.45, 2.75) is 50.2 Å². The molecule has 4 aromatic heterocycles. The van der Waals surface area contributed by atoms with E-state index in [9.17, 15) is 13.2 Å². The summed E-state index contributed by atoms with van der Waals surface area (Å²) in [5.74, 6) is 1.62. The van der Waals surface area contributed by atoms with Gasteiger partial charge in [0.1, 0.15) is 28.7 Å². The zero-order valence-corrected chi connectivity index (χ0v) is 21.9. The molecule has 0 N–H and O–H groups in total. The quantitative estimate of drug-likeness (QED) is 0.265. The second-order valence-corrected chi connectivity index (χ2v) is 10.4. The molecule has 12 heteroatoms. The number of aromatic nitrogens is 8. The van der Waals surface area contributed by atoms with Gasteiger partial charge < -0.3 is 9.30 Å². The minimum atomic E-state index is -4.48. The summed E-state index contributed by atoms with van der Waals surface area (Å²) in [6.07, 6.45) is 4.22. The molecule has 4 heterocycles. The van der Waals surface area contributed by atoms with Crippen LogP contribution in [0.4, 0.5) is 13.2 Å². The molecule has 1 aromatic carbocycles. The minimum Gasteiger partial charge on any atom is -0.480 e. The molecule has 0 aliphatic heterocycles. The summed E-state index contributed by atoms with van der Waals surface area (Å²) in [7, 11) is 3.41. The molecule has 0 radical (unpaired) electrons. The van der Waals surface area contributed by atoms with Crippen LogP contribution < -0.4 is 4.74 Å². The molecule has 0 unspecified atom stereocenters. The standard InChI is InChI=1S/C28H25F3N8O/c1-38-20-12-32-25(22-23(16-7-8-16)33-14-34-27(22)40-2)36-24(20)19(37-38)11-15-3-5-17(6-4-15)26-35-21(28(29,30)31)13-39(26)18-9-10-18/h3-6,12-14,16,18H,7-11H2,1-2H3. The molecule has 0 amide bonds. The van der Waals surface area contributed by atoms with Gasteiger partial charge in [-0.25, -0.2) is 24.9 Å². The molecule has 5 aromatic rings. The van der Waals surface area contributed by atoms with E-state index in [1.54, 1.807) is 22.6 Å².